The molecule has 0 saturated carbocycles. The Labute approximate surface area is 161 Å². The van der Waals surface area contributed by atoms with Crippen molar-refractivity contribution >= 4 is 23.5 Å². The van der Waals surface area contributed by atoms with Gasteiger partial charge in [-0.1, -0.05) is 6.07 Å². The Morgan fingerprint density at radius 1 is 1.18 bits per heavy atom. The molecule has 4 amide bonds. The van der Waals surface area contributed by atoms with Crippen LogP contribution in [0.2, 0.25) is 0 Å². The summed E-state index contributed by atoms with van der Waals surface area (Å²) in [6, 6.07) is 9.11. The van der Waals surface area contributed by atoms with E-state index in [1.54, 1.807) is 43.5 Å². The zero-order valence-corrected chi connectivity index (χ0v) is 15.7. The van der Waals surface area contributed by atoms with Gasteiger partial charge in [-0.15, -0.1) is 0 Å². The molecule has 1 atom stereocenters. The van der Waals surface area contributed by atoms with Gasteiger partial charge in [0.15, 0.2) is 0 Å². The molecule has 0 aliphatic carbocycles. The van der Waals surface area contributed by atoms with Crippen LogP contribution in [0.15, 0.2) is 42.6 Å². The van der Waals surface area contributed by atoms with Gasteiger partial charge in [0.25, 0.3) is 5.91 Å². The van der Waals surface area contributed by atoms with Crippen LogP contribution in [-0.4, -0.2) is 59.9 Å². The normalized spacial score (nSPS) is 16.3. The molecule has 2 aromatic rings. The Kier molecular flexibility index (Phi) is 5.44. The first kappa shape index (κ1) is 19.2. The Bertz CT molecular complexity index is 899. The van der Waals surface area contributed by atoms with E-state index in [4.69, 9.17) is 9.47 Å². The van der Waals surface area contributed by atoms with Crippen LogP contribution in [0.3, 0.4) is 0 Å². The number of pyridine rings is 1. The third kappa shape index (κ3) is 4.03. The molecule has 9 heteroatoms. The number of nitrogens with zero attached hydrogens (tertiary/aromatic N) is 3. The van der Waals surface area contributed by atoms with E-state index in [1.165, 1.54) is 25.2 Å². The second-order valence-electron chi connectivity index (χ2n) is 6.22. The first-order valence-electron chi connectivity index (χ1n) is 8.51. The lowest BCUT2D eigenvalue weighted by atomic mass is 10.2. The SMILES string of the molecule is COc1cccc(Oc2ccc(NC(=O)CC3C(=O)N(C)C(=O)N3C)cn2)c1. The first-order valence-corrected chi connectivity index (χ1v) is 8.51. The van der Waals surface area contributed by atoms with Crippen LogP contribution in [0.1, 0.15) is 6.42 Å². The lowest BCUT2D eigenvalue weighted by Gasteiger charge is -2.15. The van der Waals surface area contributed by atoms with Gasteiger partial charge in [0, 0.05) is 26.2 Å². The molecule has 146 valence electrons. The molecule has 1 aromatic heterocycles. The van der Waals surface area contributed by atoms with E-state index >= 15 is 0 Å². The summed E-state index contributed by atoms with van der Waals surface area (Å²) in [6.45, 7) is 0. The van der Waals surface area contributed by atoms with Crippen molar-refractivity contribution in [2.45, 2.75) is 12.5 Å². The van der Waals surface area contributed by atoms with Gasteiger partial charge in [-0.05, 0) is 18.2 Å². The molecule has 9 nitrogen and oxygen atoms in total. The summed E-state index contributed by atoms with van der Waals surface area (Å²) in [5, 5.41) is 2.66. The predicted octanol–water partition coefficient (Wildman–Crippen LogP) is 2.10. The number of methoxy groups -OCH3 is 1. The standard InChI is InChI=1S/C19H20N4O5/c1-22-15(18(25)23(2)19(22)26)10-16(24)21-12-7-8-17(20-11-12)28-14-6-4-5-13(9-14)27-3/h4-9,11,15H,10H2,1-3H3,(H,21,24). The van der Waals surface area contributed by atoms with E-state index in [9.17, 15) is 14.4 Å². The highest BCUT2D eigenvalue weighted by molar-refractivity contribution is 6.06. The van der Waals surface area contributed by atoms with Crippen LogP contribution >= 0.6 is 0 Å². The summed E-state index contributed by atoms with van der Waals surface area (Å²) in [6.07, 6.45) is 1.32. The minimum absolute atomic E-state index is 0.131. The summed E-state index contributed by atoms with van der Waals surface area (Å²) in [5.41, 5.74) is 0.454. The molecule has 0 radical (unpaired) electrons. The monoisotopic (exact) mass is 384 g/mol. The van der Waals surface area contributed by atoms with E-state index in [0.29, 0.717) is 23.1 Å². The van der Waals surface area contributed by atoms with Crippen molar-refractivity contribution in [3.63, 3.8) is 0 Å². The van der Waals surface area contributed by atoms with Crippen molar-refractivity contribution < 1.29 is 23.9 Å². The van der Waals surface area contributed by atoms with E-state index in [2.05, 4.69) is 10.3 Å². The predicted molar refractivity (Wildman–Crippen MR) is 100 cm³/mol. The molecule has 2 heterocycles. The maximum atomic E-state index is 12.2. The number of amides is 4. The van der Waals surface area contributed by atoms with E-state index < -0.39 is 23.9 Å². The third-order valence-corrected chi connectivity index (χ3v) is 4.33. The third-order valence-electron chi connectivity index (χ3n) is 4.33. The molecule has 0 bridgehead atoms. The van der Waals surface area contributed by atoms with Crippen molar-refractivity contribution in [2.24, 2.45) is 0 Å². The summed E-state index contributed by atoms with van der Waals surface area (Å²) in [7, 11) is 4.46. The number of anilines is 1. The fourth-order valence-electron chi connectivity index (χ4n) is 2.77. The molecular weight excluding hydrogens is 364 g/mol. The molecule has 1 saturated heterocycles. The summed E-state index contributed by atoms with van der Waals surface area (Å²) in [5.74, 6) is 0.792. The number of benzene rings is 1. The topological polar surface area (TPSA) is 101 Å². The number of nitrogens with one attached hydrogen (secondary N) is 1. The molecule has 1 aliphatic heterocycles. The van der Waals surface area contributed by atoms with Crippen LogP contribution in [-0.2, 0) is 9.59 Å². The highest BCUT2D eigenvalue weighted by atomic mass is 16.5. The zero-order chi connectivity index (χ0) is 20.3. The number of hydrogen-bond acceptors (Lipinski definition) is 6. The van der Waals surface area contributed by atoms with Crippen LogP contribution in [0.4, 0.5) is 10.5 Å². The number of hydrogen-bond donors (Lipinski definition) is 1. The Morgan fingerprint density at radius 3 is 2.54 bits per heavy atom. The van der Waals surface area contributed by atoms with E-state index in [0.717, 1.165) is 4.90 Å². The molecule has 1 aliphatic rings. The molecule has 1 unspecified atom stereocenters. The number of ether oxygens (including phenoxy) is 2. The van der Waals surface area contributed by atoms with E-state index in [-0.39, 0.29) is 6.42 Å². The van der Waals surface area contributed by atoms with Crippen LogP contribution in [0.25, 0.3) is 0 Å². The van der Waals surface area contributed by atoms with Crippen LogP contribution in [0, 0.1) is 0 Å². The molecular formula is C19H20N4O5. The molecule has 1 aromatic carbocycles. The van der Waals surface area contributed by atoms with Gasteiger partial charge in [-0.2, -0.15) is 0 Å². The average Bonchev–Trinajstić information content (AvgIpc) is 2.87. The largest absolute Gasteiger partial charge is 0.497 e. The fourth-order valence-corrected chi connectivity index (χ4v) is 2.77. The highest BCUT2D eigenvalue weighted by Gasteiger charge is 2.41. The van der Waals surface area contributed by atoms with Crippen molar-refractivity contribution in [1.29, 1.82) is 0 Å². The molecule has 28 heavy (non-hydrogen) atoms. The lowest BCUT2D eigenvalue weighted by molar-refractivity contribution is -0.129. The van der Waals surface area contributed by atoms with Crippen LogP contribution < -0.4 is 14.8 Å². The summed E-state index contributed by atoms with van der Waals surface area (Å²) in [4.78, 5) is 42.4. The molecule has 0 spiro atoms. The number of carbonyl (C=O) groups is 3. The first-order chi connectivity index (χ1) is 13.4. The lowest BCUT2D eigenvalue weighted by Crippen LogP contribution is -2.35. The Morgan fingerprint density at radius 2 is 1.93 bits per heavy atom. The number of imide groups is 1. The smallest absolute Gasteiger partial charge is 0.326 e. The summed E-state index contributed by atoms with van der Waals surface area (Å²) < 4.78 is 10.8. The molecule has 1 N–H and O–H groups in total. The molecule has 3 rings (SSSR count). The maximum absolute atomic E-state index is 12.2. The number of urea groups is 1. The van der Waals surface area contributed by atoms with Gasteiger partial charge in [0.2, 0.25) is 11.8 Å². The van der Waals surface area contributed by atoms with Gasteiger partial charge in [0.1, 0.15) is 17.5 Å². The quantitative estimate of drug-likeness (QED) is 0.766. The van der Waals surface area contributed by atoms with Gasteiger partial charge >= 0.3 is 6.03 Å². The van der Waals surface area contributed by atoms with Crippen molar-refractivity contribution in [1.82, 2.24) is 14.8 Å². The van der Waals surface area contributed by atoms with Gasteiger partial charge in [-0.25, -0.2) is 9.78 Å². The number of likely N-dealkylation sites (N-methyl/N-ethyl adjacent to an activating group) is 2. The van der Waals surface area contributed by atoms with Crippen LogP contribution in [0.5, 0.6) is 17.4 Å². The van der Waals surface area contributed by atoms with Gasteiger partial charge in [-0.3, -0.25) is 14.5 Å². The van der Waals surface area contributed by atoms with Crippen molar-refractivity contribution in [3.8, 4) is 17.4 Å². The Balaban J connectivity index is 1.59. The Hall–Kier alpha value is -3.62. The zero-order valence-electron chi connectivity index (χ0n) is 15.7. The average molecular weight is 384 g/mol. The number of carbonyl (C=O) groups excluding carboxylic acids is 3. The maximum Gasteiger partial charge on any atom is 0.326 e. The van der Waals surface area contributed by atoms with Gasteiger partial charge < -0.3 is 19.7 Å². The fraction of sp³-hybridized carbons (Fsp3) is 0.263. The second-order valence-corrected chi connectivity index (χ2v) is 6.22. The highest BCUT2D eigenvalue weighted by Crippen LogP contribution is 2.24. The number of rotatable bonds is 6. The summed E-state index contributed by atoms with van der Waals surface area (Å²) >= 11 is 0. The van der Waals surface area contributed by atoms with E-state index in [1.807, 2.05) is 0 Å². The second kappa shape index (κ2) is 7.95. The van der Waals surface area contributed by atoms with Gasteiger partial charge in [0.05, 0.1) is 25.4 Å². The minimum atomic E-state index is -0.805. The van der Waals surface area contributed by atoms with Crippen molar-refractivity contribution in [2.75, 3.05) is 26.5 Å². The molecule has 1 fully saturated rings. The minimum Gasteiger partial charge on any atom is -0.497 e. The number of aromatic nitrogens is 1. The van der Waals surface area contributed by atoms with Crippen molar-refractivity contribution in [3.05, 3.63) is 42.6 Å².